The quantitative estimate of drug-likeness (QED) is 0.803. The van der Waals surface area contributed by atoms with Gasteiger partial charge in [0.25, 0.3) is 0 Å². The Bertz CT molecular complexity index is 504. The summed E-state index contributed by atoms with van der Waals surface area (Å²) in [6.07, 6.45) is 0.0706. The molecular formula is C12H13FN2O3. The van der Waals surface area contributed by atoms with Gasteiger partial charge in [0.05, 0.1) is 12.5 Å². The van der Waals surface area contributed by atoms with Crippen molar-refractivity contribution in [1.29, 1.82) is 0 Å². The summed E-state index contributed by atoms with van der Waals surface area (Å²) in [5.74, 6) is -1.79. The van der Waals surface area contributed by atoms with Gasteiger partial charge in [-0.25, -0.2) is 4.39 Å². The molecule has 2 rings (SSSR count). The van der Waals surface area contributed by atoms with Crippen molar-refractivity contribution < 1.29 is 19.1 Å². The molecule has 1 aliphatic heterocycles. The Morgan fingerprint density at radius 1 is 1.56 bits per heavy atom. The fourth-order valence-corrected chi connectivity index (χ4v) is 2.00. The maximum atomic E-state index is 13.2. The zero-order valence-electron chi connectivity index (χ0n) is 9.60. The van der Waals surface area contributed by atoms with E-state index >= 15 is 0 Å². The number of nitrogens with two attached hydrogens (primary N) is 1. The summed E-state index contributed by atoms with van der Waals surface area (Å²) in [6, 6.07) is 4.03. The molecular weight excluding hydrogens is 239 g/mol. The smallest absolute Gasteiger partial charge is 0.227 e. The van der Waals surface area contributed by atoms with Crippen LogP contribution in [0.15, 0.2) is 18.2 Å². The van der Waals surface area contributed by atoms with Crippen molar-refractivity contribution in [1.82, 2.24) is 0 Å². The van der Waals surface area contributed by atoms with Gasteiger partial charge in [-0.15, -0.1) is 0 Å². The number of rotatable bonds is 3. The summed E-state index contributed by atoms with van der Waals surface area (Å²) < 4.78 is 13.2. The number of hydrogen-bond donors (Lipinski definition) is 2. The number of benzene rings is 1. The van der Waals surface area contributed by atoms with E-state index in [1.54, 1.807) is 0 Å². The number of aliphatic hydroxyl groups excluding tert-OH is 1. The van der Waals surface area contributed by atoms with E-state index in [9.17, 15) is 14.0 Å². The lowest BCUT2D eigenvalue weighted by atomic mass is 10.1. The highest BCUT2D eigenvalue weighted by Crippen LogP contribution is 2.26. The first-order valence-electron chi connectivity index (χ1n) is 5.52. The number of hydrogen-bond acceptors (Lipinski definition) is 3. The molecule has 1 fully saturated rings. The predicted octanol–water partition coefficient (Wildman–Crippen LogP) is 0.156. The van der Waals surface area contributed by atoms with Crippen molar-refractivity contribution in [2.24, 2.45) is 11.7 Å². The number of primary amides is 1. The molecule has 2 amide bonds. The van der Waals surface area contributed by atoms with E-state index in [1.807, 2.05) is 0 Å². The molecule has 96 valence electrons. The third-order valence-corrected chi connectivity index (χ3v) is 3.04. The van der Waals surface area contributed by atoms with Crippen LogP contribution >= 0.6 is 0 Å². The first-order chi connectivity index (χ1) is 8.52. The second-order valence-corrected chi connectivity index (χ2v) is 4.24. The van der Waals surface area contributed by atoms with Crippen molar-refractivity contribution in [2.75, 3.05) is 11.4 Å². The van der Waals surface area contributed by atoms with Gasteiger partial charge in [-0.3, -0.25) is 9.59 Å². The molecule has 0 aliphatic carbocycles. The van der Waals surface area contributed by atoms with Crippen molar-refractivity contribution >= 4 is 17.5 Å². The maximum absolute atomic E-state index is 13.2. The molecule has 1 aliphatic rings. The van der Waals surface area contributed by atoms with Gasteiger partial charge in [-0.2, -0.15) is 0 Å². The number of nitrogens with zero attached hydrogens (tertiary/aromatic N) is 1. The van der Waals surface area contributed by atoms with Crippen molar-refractivity contribution in [3.05, 3.63) is 29.6 Å². The third-order valence-electron chi connectivity index (χ3n) is 3.04. The minimum atomic E-state index is -0.528. The molecule has 0 saturated carbocycles. The predicted molar refractivity (Wildman–Crippen MR) is 62.0 cm³/mol. The topological polar surface area (TPSA) is 83.6 Å². The maximum Gasteiger partial charge on any atom is 0.227 e. The molecule has 0 aromatic heterocycles. The van der Waals surface area contributed by atoms with E-state index in [4.69, 9.17) is 10.8 Å². The highest BCUT2D eigenvalue weighted by molar-refractivity contribution is 6.00. The SMILES string of the molecule is NC(=O)C1CC(=O)N(c2ccc(F)c(CO)c2)C1. The van der Waals surface area contributed by atoms with Crippen LogP contribution in [-0.4, -0.2) is 23.5 Å². The molecule has 0 spiro atoms. The number of amides is 2. The van der Waals surface area contributed by atoms with Crippen LogP contribution in [0.5, 0.6) is 0 Å². The second kappa shape index (κ2) is 4.73. The number of anilines is 1. The lowest BCUT2D eigenvalue weighted by Crippen LogP contribution is -2.28. The van der Waals surface area contributed by atoms with Gasteiger partial charge in [-0.1, -0.05) is 0 Å². The van der Waals surface area contributed by atoms with Gasteiger partial charge in [0.2, 0.25) is 11.8 Å². The van der Waals surface area contributed by atoms with Crippen LogP contribution in [0.1, 0.15) is 12.0 Å². The van der Waals surface area contributed by atoms with E-state index in [2.05, 4.69) is 0 Å². The number of aliphatic hydroxyl groups is 1. The Morgan fingerprint density at radius 2 is 2.28 bits per heavy atom. The Morgan fingerprint density at radius 3 is 2.83 bits per heavy atom. The first-order valence-corrected chi connectivity index (χ1v) is 5.52. The molecule has 1 saturated heterocycles. The van der Waals surface area contributed by atoms with Gasteiger partial charge in [0.1, 0.15) is 5.82 Å². The molecule has 1 heterocycles. The van der Waals surface area contributed by atoms with Crippen LogP contribution in [-0.2, 0) is 16.2 Å². The molecule has 0 radical (unpaired) electrons. The standard InChI is InChI=1S/C12H13FN2O3/c13-10-2-1-9(3-8(10)6-16)15-5-7(12(14)18)4-11(15)17/h1-3,7,16H,4-6H2,(H2,14,18). The zero-order valence-corrected chi connectivity index (χ0v) is 9.60. The molecule has 1 aromatic rings. The van der Waals surface area contributed by atoms with E-state index in [0.29, 0.717) is 5.69 Å². The minimum Gasteiger partial charge on any atom is -0.392 e. The highest BCUT2D eigenvalue weighted by Gasteiger charge is 2.34. The fraction of sp³-hybridized carbons (Fsp3) is 0.333. The Kier molecular flexibility index (Phi) is 3.29. The van der Waals surface area contributed by atoms with Gasteiger partial charge >= 0.3 is 0 Å². The Balaban J connectivity index is 2.27. The van der Waals surface area contributed by atoms with Crippen LogP contribution in [0.2, 0.25) is 0 Å². The van der Waals surface area contributed by atoms with Gasteiger partial charge in [0.15, 0.2) is 0 Å². The Hall–Kier alpha value is -1.95. The van der Waals surface area contributed by atoms with E-state index < -0.39 is 24.2 Å². The molecule has 0 bridgehead atoms. The average Bonchev–Trinajstić information content (AvgIpc) is 2.72. The fourth-order valence-electron chi connectivity index (χ4n) is 2.00. The molecule has 3 N–H and O–H groups in total. The van der Waals surface area contributed by atoms with E-state index in [-0.39, 0.29) is 24.4 Å². The van der Waals surface area contributed by atoms with Gasteiger partial charge in [0, 0.05) is 24.2 Å². The van der Waals surface area contributed by atoms with E-state index in [0.717, 1.165) is 0 Å². The number of carbonyl (C=O) groups is 2. The summed E-state index contributed by atoms with van der Waals surface area (Å²) in [5.41, 5.74) is 5.74. The van der Waals surface area contributed by atoms with Crippen molar-refractivity contribution in [3.8, 4) is 0 Å². The number of halogens is 1. The first kappa shape index (κ1) is 12.5. The largest absolute Gasteiger partial charge is 0.392 e. The summed E-state index contributed by atoms with van der Waals surface area (Å²) in [4.78, 5) is 24.2. The molecule has 1 aromatic carbocycles. The van der Waals surface area contributed by atoms with Crippen molar-refractivity contribution in [2.45, 2.75) is 13.0 Å². The van der Waals surface area contributed by atoms with Crippen molar-refractivity contribution in [3.63, 3.8) is 0 Å². The lowest BCUT2D eigenvalue weighted by molar-refractivity contribution is -0.123. The summed E-state index contributed by atoms with van der Waals surface area (Å²) in [7, 11) is 0. The summed E-state index contributed by atoms with van der Waals surface area (Å²) in [5, 5.41) is 8.97. The Labute approximate surface area is 103 Å². The summed E-state index contributed by atoms with van der Waals surface area (Å²) in [6.45, 7) is -0.244. The van der Waals surface area contributed by atoms with E-state index in [1.165, 1.54) is 23.1 Å². The molecule has 18 heavy (non-hydrogen) atoms. The van der Waals surface area contributed by atoms with Crippen LogP contribution in [0.4, 0.5) is 10.1 Å². The minimum absolute atomic E-state index is 0.0706. The van der Waals surface area contributed by atoms with Crippen LogP contribution in [0.25, 0.3) is 0 Å². The molecule has 1 atom stereocenters. The molecule has 6 heteroatoms. The molecule has 5 nitrogen and oxygen atoms in total. The van der Waals surface area contributed by atoms with Crippen LogP contribution in [0, 0.1) is 11.7 Å². The highest BCUT2D eigenvalue weighted by atomic mass is 19.1. The number of carbonyl (C=O) groups excluding carboxylic acids is 2. The second-order valence-electron chi connectivity index (χ2n) is 4.24. The third kappa shape index (κ3) is 2.19. The average molecular weight is 252 g/mol. The van der Waals surface area contributed by atoms with Crippen LogP contribution < -0.4 is 10.6 Å². The zero-order chi connectivity index (χ0) is 13.3. The van der Waals surface area contributed by atoms with Gasteiger partial charge < -0.3 is 15.7 Å². The normalized spacial score (nSPS) is 19.3. The summed E-state index contributed by atoms with van der Waals surface area (Å²) >= 11 is 0. The van der Waals surface area contributed by atoms with Crippen LogP contribution in [0.3, 0.4) is 0 Å². The molecule has 1 unspecified atom stereocenters. The lowest BCUT2D eigenvalue weighted by Gasteiger charge is -2.17. The van der Waals surface area contributed by atoms with Gasteiger partial charge in [-0.05, 0) is 18.2 Å². The monoisotopic (exact) mass is 252 g/mol.